The maximum Gasteiger partial charge on any atom is 0.397 e. The van der Waals surface area contributed by atoms with Crippen molar-refractivity contribution >= 4 is 99.9 Å². The van der Waals surface area contributed by atoms with Crippen LogP contribution in [0, 0.1) is 0 Å². The minimum atomic E-state index is -5.41. The first-order valence-electron chi connectivity index (χ1n) is 16.0. The van der Waals surface area contributed by atoms with Crippen molar-refractivity contribution in [3.63, 3.8) is 0 Å². The summed E-state index contributed by atoms with van der Waals surface area (Å²) in [4.78, 5) is -3.53. The maximum absolute atomic E-state index is 13.0. The highest BCUT2D eigenvalue weighted by molar-refractivity contribution is 7.92. The van der Waals surface area contributed by atoms with Gasteiger partial charge in [0.05, 0.1) is 62.0 Å². The number of nitrogens with two attached hydrogens (primary N) is 1. The number of fused-ring (bicyclic) bond motifs is 1. The zero-order valence-electron chi connectivity index (χ0n) is 31.4. The maximum atomic E-state index is 13.0. The molecule has 0 aliphatic rings. The van der Waals surface area contributed by atoms with Crippen molar-refractivity contribution < 1.29 is 96.4 Å². The van der Waals surface area contributed by atoms with Crippen LogP contribution in [-0.2, 0) is 69.1 Å². The summed E-state index contributed by atoms with van der Waals surface area (Å²) in [6.07, 6.45) is 0. The average molecular weight is 994 g/mol. The van der Waals surface area contributed by atoms with E-state index in [9.17, 15) is 64.7 Å². The summed E-state index contributed by atoms with van der Waals surface area (Å²) in [5.74, 6) is -4.27. The fourth-order valence-electron chi connectivity index (χ4n) is 5.15. The van der Waals surface area contributed by atoms with Crippen molar-refractivity contribution in [2.24, 2.45) is 20.5 Å². The number of hydrogen-bond acceptors (Lipinski definition) is 23. The van der Waals surface area contributed by atoms with Gasteiger partial charge in [0.15, 0.2) is 25.4 Å². The number of nitrogen functional groups attached to an aromatic ring is 1. The fourth-order valence-corrected chi connectivity index (χ4v) is 9.64. The van der Waals surface area contributed by atoms with Crippen LogP contribution in [0.3, 0.4) is 0 Å². The summed E-state index contributed by atoms with van der Waals surface area (Å²) in [5.41, 5.74) is 2.50. The lowest BCUT2D eigenvalue weighted by atomic mass is 10.1. The Morgan fingerprint density at radius 1 is 0.548 bits per heavy atom. The molecule has 7 N–H and O–H groups in total. The van der Waals surface area contributed by atoms with Gasteiger partial charge >= 0.3 is 20.8 Å². The molecular formula is C29H31N5O22S6. The summed E-state index contributed by atoms with van der Waals surface area (Å²) < 4.78 is 207. The van der Waals surface area contributed by atoms with Crippen molar-refractivity contribution in [3.05, 3.63) is 42.5 Å². The van der Waals surface area contributed by atoms with E-state index < -0.39 is 161 Å². The van der Waals surface area contributed by atoms with Gasteiger partial charge in [-0.05, 0) is 35.7 Å². The molecule has 0 bridgehead atoms. The monoisotopic (exact) mass is 993 g/mol. The molecule has 33 heteroatoms. The SMILES string of the molecule is COc1ccc(S(=O)(=O)CCOS(=O)(=O)O)cc1N=Nc1c(S(=O)(=O)O)cc2cc(S(=O)(=O)O)c(N=Nc3cc(OC)c(S(=O)(=O)CCOS(=O)(=O)O)cc3OC)c(O)c2c1N. The van der Waals surface area contributed by atoms with E-state index in [4.69, 9.17) is 29.0 Å². The van der Waals surface area contributed by atoms with Crippen molar-refractivity contribution in [2.45, 2.75) is 19.6 Å². The van der Waals surface area contributed by atoms with Gasteiger partial charge in [-0.1, -0.05) is 0 Å². The second kappa shape index (κ2) is 18.3. The number of benzene rings is 4. The quantitative estimate of drug-likeness (QED) is 0.0446. The molecule has 4 rings (SSSR count). The van der Waals surface area contributed by atoms with Gasteiger partial charge < -0.3 is 25.1 Å². The Morgan fingerprint density at radius 3 is 1.50 bits per heavy atom. The number of sulfone groups is 2. The molecule has 0 spiro atoms. The normalized spacial score (nSPS) is 13.3. The molecule has 27 nitrogen and oxygen atoms in total. The smallest absolute Gasteiger partial charge is 0.397 e. The molecule has 4 aromatic carbocycles. The summed E-state index contributed by atoms with van der Waals surface area (Å²) in [7, 11) is -26.4. The Labute approximate surface area is 352 Å². The van der Waals surface area contributed by atoms with E-state index in [1.807, 2.05) is 0 Å². The minimum Gasteiger partial charge on any atom is -0.505 e. The number of nitrogens with zero attached hydrogens (tertiary/aromatic N) is 4. The zero-order chi connectivity index (χ0) is 46.8. The third-order valence-electron chi connectivity index (χ3n) is 7.86. The molecule has 0 aromatic heterocycles. The first kappa shape index (κ1) is 49.5. The van der Waals surface area contributed by atoms with Crippen LogP contribution in [0.5, 0.6) is 23.0 Å². The Balaban J connectivity index is 1.93. The third kappa shape index (κ3) is 11.8. The molecule has 0 radical (unpaired) electrons. The van der Waals surface area contributed by atoms with Crippen molar-refractivity contribution in [2.75, 3.05) is 51.8 Å². The number of hydrogen-bond donors (Lipinski definition) is 6. The molecule has 0 fully saturated rings. The van der Waals surface area contributed by atoms with Crippen LogP contribution in [0.4, 0.5) is 28.4 Å². The molecule has 0 atom stereocenters. The lowest BCUT2D eigenvalue weighted by molar-refractivity contribution is 0.282. The van der Waals surface area contributed by atoms with Crippen LogP contribution in [-0.4, -0.2) is 120 Å². The van der Waals surface area contributed by atoms with E-state index in [0.29, 0.717) is 12.1 Å². The van der Waals surface area contributed by atoms with Crippen molar-refractivity contribution in [3.8, 4) is 23.0 Å². The molecule has 0 amide bonds. The van der Waals surface area contributed by atoms with E-state index in [2.05, 4.69) is 28.8 Å². The van der Waals surface area contributed by atoms with Crippen LogP contribution in [0.2, 0.25) is 0 Å². The second-order valence-corrected chi connectivity index (χ2v) is 21.0. The molecule has 340 valence electrons. The molecule has 0 aliphatic carbocycles. The molecule has 62 heavy (non-hydrogen) atoms. The molecule has 0 aliphatic heterocycles. The van der Waals surface area contributed by atoms with Crippen molar-refractivity contribution in [1.82, 2.24) is 0 Å². The lowest BCUT2D eigenvalue weighted by Crippen LogP contribution is -2.16. The van der Waals surface area contributed by atoms with E-state index in [1.165, 1.54) is 0 Å². The van der Waals surface area contributed by atoms with Gasteiger partial charge in [-0.15, -0.1) is 20.5 Å². The predicted molar refractivity (Wildman–Crippen MR) is 210 cm³/mol. The average Bonchev–Trinajstić information content (AvgIpc) is 3.14. The van der Waals surface area contributed by atoms with E-state index in [0.717, 1.165) is 51.7 Å². The molecule has 0 unspecified atom stereocenters. The van der Waals surface area contributed by atoms with Gasteiger partial charge in [0, 0.05) is 12.1 Å². The number of phenols is 1. The highest BCUT2D eigenvalue weighted by Gasteiger charge is 2.29. The lowest BCUT2D eigenvalue weighted by Gasteiger charge is -2.15. The number of ether oxygens (including phenoxy) is 3. The summed E-state index contributed by atoms with van der Waals surface area (Å²) in [5, 5.41) is 25.3. The molecular weight excluding hydrogens is 963 g/mol. The highest BCUT2D eigenvalue weighted by atomic mass is 32.3. The van der Waals surface area contributed by atoms with Gasteiger partial charge in [0.2, 0.25) is 0 Å². The first-order chi connectivity index (χ1) is 28.4. The number of anilines is 1. The van der Waals surface area contributed by atoms with E-state index in [-0.39, 0.29) is 5.75 Å². The van der Waals surface area contributed by atoms with E-state index >= 15 is 0 Å². The molecule has 0 saturated carbocycles. The van der Waals surface area contributed by atoms with Gasteiger partial charge in [-0.2, -0.15) is 33.7 Å². The zero-order valence-corrected chi connectivity index (χ0v) is 36.3. The number of methoxy groups -OCH3 is 3. The predicted octanol–water partition coefficient (Wildman–Crippen LogP) is 2.66. The Morgan fingerprint density at radius 2 is 1.02 bits per heavy atom. The molecule has 0 saturated heterocycles. The Kier molecular flexibility index (Phi) is 14.6. The number of aromatic hydroxyl groups is 1. The van der Waals surface area contributed by atoms with Crippen LogP contribution in [0.1, 0.15) is 0 Å². The number of azo groups is 2. The first-order valence-corrected chi connectivity index (χ1v) is 24.9. The van der Waals surface area contributed by atoms with Crippen LogP contribution in [0.15, 0.2) is 82.5 Å². The summed E-state index contributed by atoms with van der Waals surface area (Å²) >= 11 is 0. The van der Waals surface area contributed by atoms with E-state index in [1.54, 1.807) is 0 Å². The van der Waals surface area contributed by atoms with Crippen LogP contribution in [0.25, 0.3) is 10.8 Å². The second-order valence-electron chi connectivity index (χ2n) is 11.8. The molecule has 0 heterocycles. The van der Waals surface area contributed by atoms with Gasteiger partial charge in [0.1, 0.15) is 54.7 Å². The summed E-state index contributed by atoms with van der Waals surface area (Å²) in [6, 6.07) is 5.78. The Hall–Kier alpha value is -5.20. The largest absolute Gasteiger partial charge is 0.505 e. The van der Waals surface area contributed by atoms with Crippen LogP contribution >= 0.6 is 0 Å². The van der Waals surface area contributed by atoms with Gasteiger partial charge in [-0.25, -0.2) is 25.2 Å². The molecule has 4 aromatic rings. The fraction of sp³-hybridized carbons (Fsp3) is 0.241. The Bertz CT molecular complexity index is 3190. The van der Waals surface area contributed by atoms with Gasteiger partial charge in [-0.3, -0.25) is 18.2 Å². The number of phenolic OH excluding ortho intramolecular Hbond substituents is 1. The highest BCUT2D eigenvalue weighted by Crippen LogP contribution is 2.49. The number of rotatable bonds is 19. The third-order valence-corrected chi connectivity index (χ3v) is 13.9. The summed E-state index contributed by atoms with van der Waals surface area (Å²) in [6.45, 7) is -2.02. The minimum absolute atomic E-state index is 0.193. The standard InChI is InChI=1S/C29H31N5O22S6/c1-52-19-5-4-16(57(36,37)8-6-55-61(46,47)48)12-17(19)31-33-27-23(59(40,41)42)10-15-11-24(60(43,44)45)28(29(35)25(15)26(27)30)34-32-18-13-21(54-3)22(14-20(18)53-2)58(38,39)9-7-56-62(49,50)51/h4-5,10-14,35H,6-9,30H2,1-3H3,(H,40,41,42)(H,43,44,45)(H,46,47,48)(H,49,50,51). The van der Waals surface area contributed by atoms with Crippen LogP contribution < -0.4 is 19.9 Å². The topological polar surface area (TPSA) is 428 Å². The van der Waals surface area contributed by atoms with Crippen molar-refractivity contribution in [1.29, 1.82) is 0 Å². The van der Waals surface area contributed by atoms with Gasteiger partial charge in [0.25, 0.3) is 20.2 Å².